The van der Waals surface area contributed by atoms with E-state index in [1.54, 1.807) is 25.1 Å². The molecule has 0 saturated heterocycles. The molecule has 0 saturated carbocycles. The Kier molecular flexibility index (Phi) is 5.46. The lowest BCUT2D eigenvalue weighted by atomic mass is 10.1. The quantitative estimate of drug-likeness (QED) is 0.825. The normalized spacial score (nSPS) is 13.8. The van der Waals surface area contributed by atoms with Crippen molar-refractivity contribution < 1.29 is 4.74 Å². The molecule has 0 aliphatic carbocycles. The van der Waals surface area contributed by atoms with Gasteiger partial charge in [-0.05, 0) is 45.8 Å². The molecule has 1 aromatic carbocycles. The molecule has 2 unspecified atom stereocenters. The van der Waals surface area contributed by atoms with Crippen molar-refractivity contribution in [2.24, 2.45) is 5.73 Å². The first kappa shape index (κ1) is 15.4. The number of hydrogen-bond acceptors (Lipinski definition) is 4. The Bertz CT molecular complexity index is 545. The van der Waals surface area contributed by atoms with Gasteiger partial charge >= 0.3 is 0 Å². The van der Waals surface area contributed by atoms with Gasteiger partial charge < -0.3 is 10.5 Å². The van der Waals surface area contributed by atoms with Crippen molar-refractivity contribution in [3.8, 4) is 5.75 Å². The van der Waals surface area contributed by atoms with Crippen LogP contribution in [0.3, 0.4) is 0 Å². The molecular weight excluding hydrogens is 336 g/mol. The lowest BCUT2D eigenvalue weighted by Gasteiger charge is -2.19. The van der Waals surface area contributed by atoms with Gasteiger partial charge in [0.15, 0.2) is 0 Å². The molecule has 0 amide bonds. The number of methoxy groups -OCH3 is 1. The maximum atomic E-state index is 6.31. The van der Waals surface area contributed by atoms with Crippen LogP contribution in [0.4, 0.5) is 0 Å². The van der Waals surface area contributed by atoms with Gasteiger partial charge in [0.25, 0.3) is 0 Å². The number of nitrogens with two attached hydrogens (primary N) is 1. The summed E-state index contributed by atoms with van der Waals surface area (Å²) in [5, 5.41) is 1.21. The molecule has 2 atom stereocenters. The summed E-state index contributed by atoms with van der Waals surface area (Å²) in [6.45, 7) is 2.11. The summed E-state index contributed by atoms with van der Waals surface area (Å²) in [4.78, 5) is 4.36. The molecule has 20 heavy (non-hydrogen) atoms. The molecule has 0 aliphatic heterocycles. The molecule has 0 aliphatic rings. The number of nitrogens with zero attached hydrogens (tertiary/aromatic N) is 1. The summed E-state index contributed by atoms with van der Waals surface area (Å²) in [5.74, 6) is 0.843. The van der Waals surface area contributed by atoms with E-state index in [-0.39, 0.29) is 11.3 Å². The minimum atomic E-state index is -0.0450. The standard InChI is InChI=1S/C15H17BrN2OS/c1-10(20-14-8-5-12(16)9-18-14)15(17)11-3-6-13(19-2)7-4-11/h3-10,15H,17H2,1-2H3. The second kappa shape index (κ2) is 7.11. The van der Waals surface area contributed by atoms with Crippen molar-refractivity contribution in [3.63, 3.8) is 0 Å². The van der Waals surface area contributed by atoms with Gasteiger partial charge in [0.1, 0.15) is 5.75 Å². The fourth-order valence-corrected chi connectivity index (χ4v) is 2.97. The molecule has 3 nitrogen and oxygen atoms in total. The number of pyridine rings is 1. The van der Waals surface area contributed by atoms with Crippen molar-refractivity contribution in [2.45, 2.75) is 23.2 Å². The van der Waals surface area contributed by atoms with Gasteiger partial charge in [-0.1, -0.05) is 19.1 Å². The van der Waals surface area contributed by atoms with Crippen LogP contribution in [-0.2, 0) is 0 Å². The maximum Gasteiger partial charge on any atom is 0.118 e. The molecule has 2 aromatic rings. The van der Waals surface area contributed by atoms with E-state index in [0.29, 0.717) is 0 Å². The fourth-order valence-electron chi connectivity index (χ4n) is 1.79. The van der Waals surface area contributed by atoms with E-state index in [9.17, 15) is 0 Å². The summed E-state index contributed by atoms with van der Waals surface area (Å²) >= 11 is 5.06. The van der Waals surface area contributed by atoms with Gasteiger partial charge in [-0.3, -0.25) is 0 Å². The monoisotopic (exact) mass is 352 g/mol. The number of ether oxygens (including phenoxy) is 1. The van der Waals surface area contributed by atoms with Crippen molar-refractivity contribution in [2.75, 3.05) is 7.11 Å². The summed E-state index contributed by atoms with van der Waals surface area (Å²) in [6.07, 6.45) is 1.80. The molecule has 0 spiro atoms. The maximum absolute atomic E-state index is 6.31. The largest absolute Gasteiger partial charge is 0.497 e. The zero-order valence-electron chi connectivity index (χ0n) is 11.4. The number of thioether (sulfide) groups is 1. The Morgan fingerprint density at radius 3 is 2.45 bits per heavy atom. The first-order valence-electron chi connectivity index (χ1n) is 6.28. The van der Waals surface area contributed by atoms with Crippen molar-refractivity contribution >= 4 is 27.7 Å². The average Bonchev–Trinajstić information content (AvgIpc) is 2.49. The van der Waals surface area contributed by atoms with Crippen LogP contribution in [0.15, 0.2) is 52.1 Å². The van der Waals surface area contributed by atoms with E-state index in [1.807, 2.05) is 36.4 Å². The van der Waals surface area contributed by atoms with E-state index >= 15 is 0 Å². The average molecular weight is 353 g/mol. The number of halogens is 1. The molecule has 106 valence electrons. The molecule has 2 rings (SSSR count). The van der Waals surface area contributed by atoms with E-state index in [1.165, 1.54) is 0 Å². The van der Waals surface area contributed by atoms with Crippen LogP contribution >= 0.6 is 27.7 Å². The first-order valence-corrected chi connectivity index (χ1v) is 7.95. The third-order valence-corrected chi connectivity index (χ3v) is 4.63. The fraction of sp³-hybridized carbons (Fsp3) is 0.267. The second-order valence-corrected chi connectivity index (χ2v) is 6.75. The van der Waals surface area contributed by atoms with E-state index < -0.39 is 0 Å². The van der Waals surface area contributed by atoms with Crippen LogP contribution in [-0.4, -0.2) is 17.3 Å². The number of hydrogen-bond donors (Lipinski definition) is 1. The Morgan fingerprint density at radius 1 is 1.20 bits per heavy atom. The van der Waals surface area contributed by atoms with Gasteiger partial charge in [0, 0.05) is 22.0 Å². The summed E-state index contributed by atoms with van der Waals surface area (Å²) in [7, 11) is 1.66. The Labute approximate surface area is 132 Å². The molecule has 5 heteroatoms. The summed E-state index contributed by atoms with van der Waals surface area (Å²) < 4.78 is 6.14. The lowest BCUT2D eigenvalue weighted by molar-refractivity contribution is 0.414. The van der Waals surface area contributed by atoms with Gasteiger partial charge in [-0.15, -0.1) is 11.8 Å². The molecule has 0 radical (unpaired) electrons. The van der Waals surface area contributed by atoms with Crippen LogP contribution in [0.2, 0.25) is 0 Å². The van der Waals surface area contributed by atoms with Crippen molar-refractivity contribution in [1.82, 2.24) is 4.98 Å². The molecular formula is C15H17BrN2OS. The zero-order chi connectivity index (χ0) is 14.5. The summed E-state index contributed by atoms with van der Waals surface area (Å²) in [5.41, 5.74) is 7.41. The number of rotatable bonds is 5. The van der Waals surface area contributed by atoms with Crippen LogP contribution in [0.5, 0.6) is 5.75 Å². The third-order valence-electron chi connectivity index (χ3n) is 3.01. The lowest BCUT2D eigenvalue weighted by Crippen LogP contribution is -2.21. The Morgan fingerprint density at radius 2 is 1.90 bits per heavy atom. The Balaban J connectivity index is 2.03. The van der Waals surface area contributed by atoms with Crippen LogP contribution in [0, 0.1) is 0 Å². The summed E-state index contributed by atoms with van der Waals surface area (Å²) in [6, 6.07) is 11.8. The second-order valence-electron chi connectivity index (χ2n) is 4.44. The zero-order valence-corrected chi connectivity index (χ0v) is 13.8. The molecule has 2 N–H and O–H groups in total. The topological polar surface area (TPSA) is 48.1 Å². The van der Waals surface area contributed by atoms with Gasteiger partial charge in [0.05, 0.1) is 12.1 Å². The number of benzene rings is 1. The SMILES string of the molecule is COc1ccc(C(N)C(C)Sc2ccc(Br)cn2)cc1. The molecule has 0 fully saturated rings. The third kappa shape index (κ3) is 3.98. The van der Waals surface area contributed by atoms with Gasteiger partial charge in [0.2, 0.25) is 0 Å². The highest BCUT2D eigenvalue weighted by atomic mass is 79.9. The van der Waals surface area contributed by atoms with Crippen molar-refractivity contribution in [1.29, 1.82) is 0 Å². The van der Waals surface area contributed by atoms with Crippen molar-refractivity contribution in [3.05, 3.63) is 52.6 Å². The molecule has 1 heterocycles. The number of aromatic nitrogens is 1. The highest BCUT2D eigenvalue weighted by Gasteiger charge is 2.16. The predicted molar refractivity (Wildman–Crippen MR) is 87.2 cm³/mol. The smallest absolute Gasteiger partial charge is 0.118 e. The molecule has 0 bridgehead atoms. The minimum absolute atomic E-state index is 0.0450. The highest BCUT2D eigenvalue weighted by molar-refractivity contribution is 9.10. The van der Waals surface area contributed by atoms with Crippen LogP contribution in [0.1, 0.15) is 18.5 Å². The van der Waals surface area contributed by atoms with Crippen LogP contribution < -0.4 is 10.5 Å². The Hall–Kier alpha value is -1.04. The van der Waals surface area contributed by atoms with Crippen LogP contribution in [0.25, 0.3) is 0 Å². The molecule has 1 aromatic heterocycles. The highest BCUT2D eigenvalue weighted by Crippen LogP contribution is 2.30. The van der Waals surface area contributed by atoms with E-state index in [0.717, 1.165) is 20.8 Å². The van der Waals surface area contributed by atoms with Gasteiger partial charge in [-0.25, -0.2) is 4.98 Å². The predicted octanol–water partition coefficient (Wildman–Crippen LogP) is 4.03. The van der Waals surface area contributed by atoms with Gasteiger partial charge in [-0.2, -0.15) is 0 Å². The van der Waals surface area contributed by atoms with E-state index in [4.69, 9.17) is 10.5 Å². The first-order chi connectivity index (χ1) is 9.60. The minimum Gasteiger partial charge on any atom is -0.497 e. The van der Waals surface area contributed by atoms with E-state index in [2.05, 4.69) is 27.8 Å².